The summed E-state index contributed by atoms with van der Waals surface area (Å²) in [5, 5.41) is 0. The number of fused-ring (bicyclic) bond motifs is 1. The van der Waals surface area contributed by atoms with Crippen LogP contribution in [0, 0.1) is 6.92 Å². The number of carbonyl (C=O) groups is 1. The minimum Gasteiger partial charge on any atom is -0.338 e. The first-order chi connectivity index (χ1) is 12.7. The molecule has 1 amide bonds. The molecule has 4 nitrogen and oxygen atoms in total. The van der Waals surface area contributed by atoms with Crippen molar-refractivity contribution in [3.05, 3.63) is 65.0 Å². The summed E-state index contributed by atoms with van der Waals surface area (Å²) in [4.78, 5) is 21.9. The Bertz CT molecular complexity index is 788. The minimum atomic E-state index is 0.280. The lowest BCUT2D eigenvalue weighted by molar-refractivity contribution is -0.132. The normalized spacial score (nSPS) is 20.2. The van der Waals surface area contributed by atoms with E-state index in [2.05, 4.69) is 41.3 Å². The average molecular weight is 349 g/mol. The first kappa shape index (κ1) is 17.2. The molecule has 1 atom stereocenters. The molecule has 4 heteroatoms. The molecule has 0 aliphatic carbocycles. The van der Waals surface area contributed by atoms with E-state index in [9.17, 15) is 4.79 Å². The van der Waals surface area contributed by atoms with E-state index >= 15 is 0 Å². The molecule has 0 spiro atoms. The lowest BCUT2D eigenvalue weighted by atomic mass is 10.00. The summed E-state index contributed by atoms with van der Waals surface area (Å²) in [5.41, 5.74) is 4.91. The molecule has 136 valence electrons. The number of aromatic nitrogens is 1. The SMILES string of the molecule is Cc1cccc([C@@H]2CCCN2CCC(=O)N2CCc3ccccc3C2)n1. The zero-order valence-corrected chi connectivity index (χ0v) is 15.5. The average Bonchev–Trinajstić information content (AvgIpc) is 3.14. The summed E-state index contributed by atoms with van der Waals surface area (Å²) < 4.78 is 0. The molecule has 1 fully saturated rings. The second kappa shape index (κ2) is 7.58. The molecule has 0 saturated carbocycles. The highest BCUT2D eigenvalue weighted by atomic mass is 16.2. The summed E-state index contributed by atoms with van der Waals surface area (Å²) in [6, 6.07) is 15.1. The third-order valence-corrected chi connectivity index (χ3v) is 5.71. The van der Waals surface area contributed by atoms with E-state index in [-0.39, 0.29) is 5.91 Å². The molecular weight excluding hydrogens is 322 g/mol. The first-order valence-electron chi connectivity index (χ1n) is 9.73. The van der Waals surface area contributed by atoms with Gasteiger partial charge in [-0.25, -0.2) is 0 Å². The van der Waals surface area contributed by atoms with Gasteiger partial charge < -0.3 is 4.90 Å². The number of pyridine rings is 1. The lowest BCUT2D eigenvalue weighted by Crippen LogP contribution is -2.38. The summed E-state index contributed by atoms with van der Waals surface area (Å²) >= 11 is 0. The second-order valence-corrected chi connectivity index (χ2v) is 7.48. The molecule has 2 aromatic rings. The molecular formula is C22H27N3O. The van der Waals surface area contributed by atoms with Crippen LogP contribution >= 0.6 is 0 Å². The van der Waals surface area contributed by atoms with Gasteiger partial charge in [0.1, 0.15) is 0 Å². The van der Waals surface area contributed by atoms with E-state index < -0.39 is 0 Å². The molecule has 4 rings (SSSR count). The van der Waals surface area contributed by atoms with Gasteiger partial charge in [-0.3, -0.25) is 14.7 Å². The Labute approximate surface area is 155 Å². The van der Waals surface area contributed by atoms with Gasteiger partial charge in [-0.2, -0.15) is 0 Å². The van der Waals surface area contributed by atoms with Crippen molar-refractivity contribution < 1.29 is 4.79 Å². The summed E-state index contributed by atoms with van der Waals surface area (Å²) in [5.74, 6) is 0.280. The van der Waals surface area contributed by atoms with Crippen LogP contribution in [0.5, 0.6) is 0 Å². The van der Waals surface area contributed by atoms with Gasteiger partial charge in [-0.15, -0.1) is 0 Å². The Morgan fingerprint density at radius 1 is 1.12 bits per heavy atom. The van der Waals surface area contributed by atoms with E-state index in [0.29, 0.717) is 12.5 Å². The van der Waals surface area contributed by atoms with Gasteiger partial charge in [0, 0.05) is 31.7 Å². The summed E-state index contributed by atoms with van der Waals surface area (Å²) in [6.45, 7) is 5.55. The van der Waals surface area contributed by atoms with Crippen molar-refractivity contribution in [2.24, 2.45) is 0 Å². The summed E-state index contributed by atoms with van der Waals surface area (Å²) in [6.07, 6.45) is 3.90. The van der Waals surface area contributed by atoms with Crippen LogP contribution in [-0.4, -0.2) is 40.3 Å². The molecule has 26 heavy (non-hydrogen) atoms. The van der Waals surface area contributed by atoms with Crippen LogP contribution in [-0.2, 0) is 17.8 Å². The highest BCUT2D eigenvalue weighted by Crippen LogP contribution is 2.31. The predicted molar refractivity (Wildman–Crippen MR) is 103 cm³/mol. The predicted octanol–water partition coefficient (Wildman–Crippen LogP) is 3.50. The van der Waals surface area contributed by atoms with Gasteiger partial charge in [0.05, 0.1) is 11.7 Å². The largest absolute Gasteiger partial charge is 0.338 e. The second-order valence-electron chi connectivity index (χ2n) is 7.48. The number of benzene rings is 1. The zero-order valence-electron chi connectivity index (χ0n) is 15.5. The third-order valence-electron chi connectivity index (χ3n) is 5.71. The third kappa shape index (κ3) is 3.65. The van der Waals surface area contributed by atoms with Crippen molar-refractivity contribution in [3.63, 3.8) is 0 Å². The maximum atomic E-state index is 12.7. The maximum Gasteiger partial charge on any atom is 0.224 e. The van der Waals surface area contributed by atoms with Crippen LogP contribution in [0.3, 0.4) is 0 Å². The van der Waals surface area contributed by atoms with Crippen molar-refractivity contribution >= 4 is 5.91 Å². The quantitative estimate of drug-likeness (QED) is 0.848. The number of hydrogen-bond donors (Lipinski definition) is 0. The first-order valence-corrected chi connectivity index (χ1v) is 9.73. The number of carbonyl (C=O) groups excluding carboxylic acids is 1. The Hall–Kier alpha value is -2.20. The molecule has 0 radical (unpaired) electrons. The number of aryl methyl sites for hydroxylation is 1. The highest BCUT2D eigenvalue weighted by molar-refractivity contribution is 5.76. The fraction of sp³-hybridized carbons (Fsp3) is 0.455. The lowest BCUT2D eigenvalue weighted by Gasteiger charge is -2.30. The van der Waals surface area contributed by atoms with Gasteiger partial charge in [-0.05, 0) is 56.0 Å². The van der Waals surface area contributed by atoms with Crippen LogP contribution in [0.25, 0.3) is 0 Å². The number of likely N-dealkylation sites (tertiary alicyclic amines) is 1. The molecule has 2 aliphatic heterocycles. The van der Waals surface area contributed by atoms with Crippen LogP contribution in [0.15, 0.2) is 42.5 Å². The molecule has 0 bridgehead atoms. The van der Waals surface area contributed by atoms with Crippen molar-refractivity contribution in [2.45, 2.75) is 45.2 Å². The molecule has 1 aromatic carbocycles. The monoisotopic (exact) mass is 349 g/mol. The van der Waals surface area contributed by atoms with Gasteiger partial charge in [0.25, 0.3) is 0 Å². The number of hydrogen-bond acceptors (Lipinski definition) is 3. The standard InChI is InChI=1S/C22H27N3O/c1-17-6-4-9-20(23-17)21-10-5-13-24(21)15-12-22(26)25-14-11-18-7-2-3-8-19(18)16-25/h2-4,6-9,21H,5,10-16H2,1H3/t21-/m0/s1. The maximum absolute atomic E-state index is 12.7. The Morgan fingerprint density at radius 2 is 1.96 bits per heavy atom. The van der Waals surface area contributed by atoms with E-state index in [1.165, 1.54) is 17.5 Å². The molecule has 0 N–H and O–H groups in total. The smallest absolute Gasteiger partial charge is 0.224 e. The van der Waals surface area contributed by atoms with Crippen molar-refractivity contribution in [1.29, 1.82) is 0 Å². The molecule has 3 heterocycles. The number of amides is 1. The molecule has 2 aliphatic rings. The minimum absolute atomic E-state index is 0.280. The van der Waals surface area contributed by atoms with Gasteiger partial charge in [0.15, 0.2) is 0 Å². The van der Waals surface area contributed by atoms with Crippen LogP contribution < -0.4 is 0 Å². The summed E-state index contributed by atoms with van der Waals surface area (Å²) in [7, 11) is 0. The van der Waals surface area contributed by atoms with Crippen molar-refractivity contribution in [2.75, 3.05) is 19.6 Å². The Kier molecular flexibility index (Phi) is 5.02. The molecule has 1 aromatic heterocycles. The van der Waals surface area contributed by atoms with E-state index in [4.69, 9.17) is 4.98 Å². The van der Waals surface area contributed by atoms with E-state index in [1.54, 1.807) is 0 Å². The fourth-order valence-electron chi connectivity index (χ4n) is 4.28. The van der Waals surface area contributed by atoms with Crippen LogP contribution in [0.1, 0.15) is 47.8 Å². The van der Waals surface area contributed by atoms with Crippen LogP contribution in [0.4, 0.5) is 0 Å². The van der Waals surface area contributed by atoms with Gasteiger partial charge >= 0.3 is 0 Å². The van der Waals surface area contributed by atoms with E-state index in [0.717, 1.165) is 50.4 Å². The van der Waals surface area contributed by atoms with Crippen LogP contribution in [0.2, 0.25) is 0 Å². The Balaban J connectivity index is 1.35. The zero-order chi connectivity index (χ0) is 17.9. The topological polar surface area (TPSA) is 36.4 Å². The van der Waals surface area contributed by atoms with Crippen molar-refractivity contribution in [3.8, 4) is 0 Å². The Morgan fingerprint density at radius 3 is 2.81 bits per heavy atom. The highest BCUT2D eigenvalue weighted by Gasteiger charge is 2.28. The van der Waals surface area contributed by atoms with E-state index in [1.807, 2.05) is 17.9 Å². The molecule has 1 saturated heterocycles. The van der Waals surface area contributed by atoms with Gasteiger partial charge in [0.2, 0.25) is 5.91 Å². The number of nitrogens with zero attached hydrogens (tertiary/aromatic N) is 3. The van der Waals surface area contributed by atoms with Gasteiger partial charge in [-0.1, -0.05) is 30.3 Å². The number of rotatable bonds is 4. The fourth-order valence-corrected chi connectivity index (χ4v) is 4.28. The molecule has 0 unspecified atom stereocenters. The van der Waals surface area contributed by atoms with Crippen molar-refractivity contribution in [1.82, 2.24) is 14.8 Å².